The first-order valence-electron chi connectivity index (χ1n) is 8.51. The fraction of sp³-hybridized carbons (Fsp3) is 0.316. The summed E-state index contributed by atoms with van der Waals surface area (Å²) in [6, 6.07) is 9.61. The van der Waals surface area contributed by atoms with Gasteiger partial charge in [0.1, 0.15) is 11.8 Å². The van der Waals surface area contributed by atoms with E-state index in [-0.39, 0.29) is 17.8 Å². The molecule has 0 spiro atoms. The second-order valence-corrected chi connectivity index (χ2v) is 8.21. The van der Waals surface area contributed by atoms with Crippen LogP contribution < -0.4 is 14.4 Å². The molecule has 1 atom stereocenters. The summed E-state index contributed by atoms with van der Waals surface area (Å²) in [7, 11) is -2.40. The van der Waals surface area contributed by atoms with Gasteiger partial charge in [0.25, 0.3) is 0 Å². The first-order chi connectivity index (χ1) is 13.4. The standard InChI is InChI=1S/C19H21F3N2O4S/c1-13(24(29(3,26)27)16-8-5-9-17(11-16)28-2)18(25)23-12-14-6-4-7-15(10-14)19(20,21)22/h4-11,13H,12H2,1-3H3,(H,23,25)/t13-/m0/s1. The Hall–Kier alpha value is -2.75. The maximum absolute atomic E-state index is 12.8. The summed E-state index contributed by atoms with van der Waals surface area (Å²) in [6.07, 6.45) is -3.53. The Bertz CT molecular complexity index is 977. The molecule has 0 saturated carbocycles. The first kappa shape index (κ1) is 22.5. The Morgan fingerprint density at radius 1 is 1.17 bits per heavy atom. The minimum absolute atomic E-state index is 0.178. The van der Waals surface area contributed by atoms with Gasteiger partial charge in [-0.25, -0.2) is 8.42 Å². The molecule has 6 nitrogen and oxygen atoms in total. The molecule has 0 fully saturated rings. The second-order valence-electron chi connectivity index (χ2n) is 6.35. The molecule has 0 radical (unpaired) electrons. The molecule has 0 aliphatic carbocycles. The Labute approximate surface area is 167 Å². The minimum atomic E-state index is -4.49. The summed E-state index contributed by atoms with van der Waals surface area (Å²) in [5, 5.41) is 2.48. The summed E-state index contributed by atoms with van der Waals surface area (Å²) in [4.78, 5) is 12.5. The molecule has 0 aliphatic heterocycles. The predicted octanol–water partition coefficient (Wildman–Crippen LogP) is 3.18. The molecular weight excluding hydrogens is 409 g/mol. The third-order valence-electron chi connectivity index (χ3n) is 4.12. The van der Waals surface area contributed by atoms with Crippen LogP contribution in [0.1, 0.15) is 18.1 Å². The quantitative estimate of drug-likeness (QED) is 0.732. The SMILES string of the molecule is COc1cccc(N([C@@H](C)C(=O)NCc2cccc(C(F)(F)F)c2)S(C)(=O)=O)c1. The van der Waals surface area contributed by atoms with Crippen LogP contribution in [0, 0.1) is 0 Å². The van der Waals surface area contributed by atoms with Gasteiger partial charge >= 0.3 is 6.18 Å². The van der Waals surface area contributed by atoms with Gasteiger partial charge in [-0.15, -0.1) is 0 Å². The lowest BCUT2D eigenvalue weighted by Gasteiger charge is -2.28. The van der Waals surface area contributed by atoms with Crippen LogP contribution in [-0.4, -0.2) is 33.7 Å². The van der Waals surface area contributed by atoms with E-state index >= 15 is 0 Å². The normalized spacial score (nSPS) is 12.9. The number of halogens is 3. The lowest BCUT2D eigenvalue weighted by molar-refractivity contribution is -0.137. The van der Waals surface area contributed by atoms with Crippen LogP contribution in [0.2, 0.25) is 0 Å². The van der Waals surface area contributed by atoms with Crippen molar-refractivity contribution in [1.82, 2.24) is 5.32 Å². The van der Waals surface area contributed by atoms with Crippen molar-refractivity contribution < 1.29 is 31.1 Å². The zero-order chi connectivity index (χ0) is 21.8. The topological polar surface area (TPSA) is 75.7 Å². The van der Waals surface area contributed by atoms with Crippen molar-refractivity contribution in [2.45, 2.75) is 25.7 Å². The van der Waals surface area contributed by atoms with Gasteiger partial charge in [-0.05, 0) is 36.8 Å². The third-order valence-corrected chi connectivity index (χ3v) is 5.36. The van der Waals surface area contributed by atoms with Gasteiger partial charge in [-0.1, -0.05) is 18.2 Å². The van der Waals surface area contributed by atoms with Gasteiger partial charge in [-0.3, -0.25) is 9.10 Å². The molecule has 0 bridgehead atoms. The minimum Gasteiger partial charge on any atom is -0.497 e. The lowest BCUT2D eigenvalue weighted by atomic mass is 10.1. The number of anilines is 1. The van der Waals surface area contributed by atoms with E-state index in [4.69, 9.17) is 4.74 Å². The number of carbonyl (C=O) groups excluding carboxylic acids is 1. The zero-order valence-electron chi connectivity index (χ0n) is 16.0. The van der Waals surface area contributed by atoms with Gasteiger partial charge in [0, 0.05) is 12.6 Å². The number of alkyl halides is 3. The van der Waals surface area contributed by atoms with E-state index in [1.807, 2.05) is 0 Å². The molecule has 2 aromatic carbocycles. The first-order valence-corrected chi connectivity index (χ1v) is 10.4. The maximum atomic E-state index is 12.8. The number of hydrogen-bond donors (Lipinski definition) is 1. The summed E-state index contributed by atoms with van der Waals surface area (Å²) in [5.74, 6) is -0.247. The summed E-state index contributed by atoms with van der Waals surface area (Å²) in [5.41, 5.74) is -0.354. The Morgan fingerprint density at radius 2 is 1.83 bits per heavy atom. The van der Waals surface area contributed by atoms with Crippen LogP contribution >= 0.6 is 0 Å². The number of nitrogens with zero attached hydrogens (tertiary/aromatic N) is 1. The zero-order valence-corrected chi connectivity index (χ0v) is 16.8. The second kappa shape index (κ2) is 8.73. The average molecular weight is 430 g/mol. The molecule has 29 heavy (non-hydrogen) atoms. The number of amides is 1. The van der Waals surface area contributed by atoms with E-state index in [2.05, 4.69) is 5.32 Å². The van der Waals surface area contributed by atoms with Crippen molar-refractivity contribution in [3.63, 3.8) is 0 Å². The Balaban J connectivity index is 2.20. The number of sulfonamides is 1. The van der Waals surface area contributed by atoms with E-state index in [0.29, 0.717) is 5.75 Å². The van der Waals surface area contributed by atoms with Crippen LogP contribution in [-0.2, 0) is 27.5 Å². The van der Waals surface area contributed by atoms with Gasteiger partial charge in [0.2, 0.25) is 15.9 Å². The fourth-order valence-electron chi connectivity index (χ4n) is 2.75. The molecular formula is C19H21F3N2O4S. The number of rotatable bonds is 7. The van der Waals surface area contributed by atoms with Gasteiger partial charge in [0.15, 0.2) is 0 Å². The summed E-state index contributed by atoms with van der Waals surface area (Å²) in [6.45, 7) is 1.21. The van der Waals surface area contributed by atoms with E-state index < -0.39 is 33.7 Å². The maximum Gasteiger partial charge on any atom is 0.416 e. The van der Waals surface area contributed by atoms with Crippen LogP contribution in [0.15, 0.2) is 48.5 Å². The molecule has 1 N–H and O–H groups in total. The van der Waals surface area contributed by atoms with Crippen molar-refractivity contribution in [1.29, 1.82) is 0 Å². The van der Waals surface area contributed by atoms with E-state index in [0.717, 1.165) is 22.7 Å². The van der Waals surface area contributed by atoms with Gasteiger partial charge < -0.3 is 10.1 Å². The molecule has 0 aromatic heterocycles. The fourth-order valence-corrected chi connectivity index (χ4v) is 3.92. The Morgan fingerprint density at radius 3 is 2.41 bits per heavy atom. The number of carbonyl (C=O) groups is 1. The van der Waals surface area contributed by atoms with Crippen molar-refractivity contribution in [2.24, 2.45) is 0 Å². The monoisotopic (exact) mass is 430 g/mol. The predicted molar refractivity (Wildman–Crippen MR) is 103 cm³/mol. The number of hydrogen-bond acceptors (Lipinski definition) is 4. The number of benzene rings is 2. The van der Waals surface area contributed by atoms with E-state index in [1.54, 1.807) is 12.1 Å². The van der Waals surface area contributed by atoms with Crippen LogP contribution in [0.5, 0.6) is 5.75 Å². The Kier molecular flexibility index (Phi) is 6.78. The van der Waals surface area contributed by atoms with Gasteiger partial charge in [0.05, 0.1) is 24.6 Å². The molecule has 0 unspecified atom stereocenters. The highest BCUT2D eigenvalue weighted by Crippen LogP contribution is 2.29. The van der Waals surface area contributed by atoms with Crippen LogP contribution in [0.4, 0.5) is 18.9 Å². The summed E-state index contributed by atoms with van der Waals surface area (Å²) < 4.78 is 69.0. The summed E-state index contributed by atoms with van der Waals surface area (Å²) >= 11 is 0. The van der Waals surface area contributed by atoms with Crippen LogP contribution in [0.3, 0.4) is 0 Å². The van der Waals surface area contributed by atoms with Crippen molar-refractivity contribution >= 4 is 21.6 Å². The average Bonchev–Trinajstić information content (AvgIpc) is 2.64. The molecule has 2 aromatic rings. The molecule has 0 saturated heterocycles. The number of nitrogens with one attached hydrogen (secondary N) is 1. The number of methoxy groups -OCH3 is 1. The lowest BCUT2D eigenvalue weighted by Crippen LogP contribution is -2.47. The molecule has 10 heteroatoms. The third kappa shape index (κ3) is 5.86. The molecule has 0 aliphatic rings. The van der Waals surface area contributed by atoms with Crippen molar-refractivity contribution in [2.75, 3.05) is 17.7 Å². The highest BCUT2D eigenvalue weighted by Gasteiger charge is 2.31. The van der Waals surface area contributed by atoms with Crippen molar-refractivity contribution in [3.8, 4) is 5.75 Å². The van der Waals surface area contributed by atoms with Crippen LogP contribution in [0.25, 0.3) is 0 Å². The highest BCUT2D eigenvalue weighted by molar-refractivity contribution is 7.92. The molecule has 0 heterocycles. The molecule has 1 amide bonds. The van der Waals surface area contributed by atoms with E-state index in [1.165, 1.54) is 38.3 Å². The number of ether oxygens (including phenoxy) is 1. The molecule has 158 valence electrons. The highest BCUT2D eigenvalue weighted by atomic mass is 32.2. The van der Waals surface area contributed by atoms with E-state index in [9.17, 15) is 26.4 Å². The molecule has 2 rings (SSSR count). The van der Waals surface area contributed by atoms with Gasteiger partial charge in [-0.2, -0.15) is 13.2 Å². The largest absolute Gasteiger partial charge is 0.497 e. The van der Waals surface area contributed by atoms with Crippen molar-refractivity contribution in [3.05, 3.63) is 59.7 Å². The smallest absolute Gasteiger partial charge is 0.416 e.